The summed E-state index contributed by atoms with van der Waals surface area (Å²) in [6.07, 6.45) is 0. The van der Waals surface area contributed by atoms with Crippen LogP contribution in [0.15, 0.2) is 59.7 Å². The number of anilines is 1. The Morgan fingerprint density at radius 1 is 1.24 bits per heavy atom. The highest BCUT2D eigenvalue weighted by molar-refractivity contribution is 7.80. The van der Waals surface area contributed by atoms with Crippen molar-refractivity contribution >= 4 is 46.2 Å². The summed E-state index contributed by atoms with van der Waals surface area (Å²) in [5.41, 5.74) is 8.77. The second-order valence-corrected chi connectivity index (χ2v) is 5.79. The van der Waals surface area contributed by atoms with Gasteiger partial charge in [-0.1, -0.05) is 48.0 Å². The molecule has 1 amide bonds. The second kappa shape index (κ2) is 8.78. The van der Waals surface area contributed by atoms with Crippen molar-refractivity contribution in [2.24, 2.45) is 10.8 Å². The number of hydrazone groups is 1. The quantitative estimate of drug-likeness (QED) is 0.426. The molecule has 2 aromatic rings. The van der Waals surface area contributed by atoms with Gasteiger partial charge in [-0.15, -0.1) is 0 Å². The summed E-state index contributed by atoms with van der Waals surface area (Å²) in [4.78, 5) is 12.6. The number of hydrogen-bond acceptors (Lipinski definition) is 4. The van der Waals surface area contributed by atoms with E-state index in [4.69, 9.17) is 29.6 Å². The van der Waals surface area contributed by atoms with Crippen LogP contribution in [0.5, 0.6) is 0 Å². The van der Waals surface area contributed by atoms with Gasteiger partial charge in [-0.25, -0.2) is 0 Å². The molecule has 0 heterocycles. The molecule has 0 fully saturated rings. The SMILES string of the molecule is N#C[C@@H](/C(=N/NC(N)=S)C(=O)Nc1cccc(Cl)c1)c1ccccc1. The monoisotopic (exact) mass is 371 g/mol. The van der Waals surface area contributed by atoms with E-state index in [-0.39, 0.29) is 10.8 Å². The van der Waals surface area contributed by atoms with Crippen LogP contribution in [0.25, 0.3) is 0 Å². The Bertz CT molecular complexity index is 848. The summed E-state index contributed by atoms with van der Waals surface area (Å²) >= 11 is 10.6. The van der Waals surface area contributed by atoms with Gasteiger partial charge in [-0.2, -0.15) is 10.4 Å². The topological polar surface area (TPSA) is 103 Å². The van der Waals surface area contributed by atoms with E-state index in [9.17, 15) is 10.1 Å². The van der Waals surface area contributed by atoms with Gasteiger partial charge in [0.05, 0.1) is 6.07 Å². The molecule has 0 aliphatic carbocycles. The number of carbonyl (C=O) groups excluding carboxylic acids is 1. The van der Waals surface area contributed by atoms with E-state index in [0.29, 0.717) is 16.3 Å². The van der Waals surface area contributed by atoms with E-state index in [2.05, 4.69) is 21.9 Å². The average molecular weight is 372 g/mol. The molecule has 0 bridgehead atoms. The summed E-state index contributed by atoms with van der Waals surface area (Å²) in [5, 5.41) is 16.5. The molecule has 2 aromatic carbocycles. The van der Waals surface area contributed by atoms with Crippen LogP contribution < -0.4 is 16.5 Å². The third-order valence-corrected chi connectivity index (χ3v) is 3.46. The van der Waals surface area contributed by atoms with Gasteiger partial charge in [0.25, 0.3) is 5.91 Å². The third-order valence-electron chi connectivity index (χ3n) is 3.14. The normalized spacial score (nSPS) is 11.9. The molecular weight excluding hydrogens is 358 g/mol. The van der Waals surface area contributed by atoms with Crippen molar-refractivity contribution in [1.82, 2.24) is 5.43 Å². The lowest BCUT2D eigenvalue weighted by Gasteiger charge is -2.13. The van der Waals surface area contributed by atoms with Crippen molar-refractivity contribution in [3.63, 3.8) is 0 Å². The van der Waals surface area contributed by atoms with Crippen LogP contribution in [0, 0.1) is 11.3 Å². The Morgan fingerprint density at radius 3 is 2.56 bits per heavy atom. The molecule has 0 aliphatic rings. The highest BCUT2D eigenvalue weighted by Crippen LogP contribution is 2.19. The van der Waals surface area contributed by atoms with Crippen molar-refractivity contribution in [2.45, 2.75) is 5.92 Å². The molecular formula is C17H14ClN5OS. The predicted octanol–water partition coefficient (Wildman–Crippen LogP) is 2.78. The molecule has 0 spiro atoms. The first-order valence-corrected chi connectivity index (χ1v) is 7.94. The number of benzene rings is 2. The Morgan fingerprint density at radius 2 is 1.96 bits per heavy atom. The molecule has 0 unspecified atom stereocenters. The van der Waals surface area contributed by atoms with Crippen LogP contribution in [0.1, 0.15) is 11.5 Å². The lowest BCUT2D eigenvalue weighted by molar-refractivity contribution is -0.110. The molecule has 6 nitrogen and oxygen atoms in total. The predicted molar refractivity (Wildman–Crippen MR) is 102 cm³/mol. The molecule has 126 valence electrons. The molecule has 8 heteroatoms. The number of nitrogens with two attached hydrogens (primary N) is 1. The highest BCUT2D eigenvalue weighted by Gasteiger charge is 2.25. The van der Waals surface area contributed by atoms with Gasteiger partial charge in [0.1, 0.15) is 11.6 Å². The summed E-state index contributed by atoms with van der Waals surface area (Å²) < 4.78 is 0. The van der Waals surface area contributed by atoms with Crippen molar-refractivity contribution < 1.29 is 4.79 Å². The molecule has 2 rings (SSSR count). The minimum absolute atomic E-state index is 0.0681. The highest BCUT2D eigenvalue weighted by atomic mass is 35.5. The van der Waals surface area contributed by atoms with E-state index >= 15 is 0 Å². The van der Waals surface area contributed by atoms with Crippen LogP contribution in [0.4, 0.5) is 5.69 Å². The van der Waals surface area contributed by atoms with Gasteiger partial charge in [0, 0.05) is 10.7 Å². The van der Waals surface area contributed by atoms with Gasteiger partial charge in [-0.3, -0.25) is 10.2 Å². The van der Waals surface area contributed by atoms with Gasteiger partial charge in [0.15, 0.2) is 5.11 Å². The smallest absolute Gasteiger partial charge is 0.273 e. The minimum atomic E-state index is -0.901. The molecule has 4 N–H and O–H groups in total. The zero-order valence-corrected chi connectivity index (χ0v) is 14.5. The van der Waals surface area contributed by atoms with Crippen molar-refractivity contribution in [2.75, 3.05) is 5.32 Å². The van der Waals surface area contributed by atoms with Crippen molar-refractivity contribution in [3.05, 3.63) is 65.2 Å². The number of amides is 1. The first-order chi connectivity index (χ1) is 12.0. The molecule has 0 saturated heterocycles. The molecule has 0 radical (unpaired) electrons. The minimum Gasteiger partial charge on any atom is -0.375 e. The number of carbonyl (C=O) groups is 1. The first kappa shape index (κ1) is 18.4. The lowest BCUT2D eigenvalue weighted by atomic mass is 9.95. The zero-order valence-electron chi connectivity index (χ0n) is 12.9. The second-order valence-electron chi connectivity index (χ2n) is 4.91. The summed E-state index contributed by atoms with van der Waals surface area (Å²) in [7, 11) is 0. The van der Waals surface area contributed by atoms with Gasteiger partial charge in [-0.05, 0) is 36.0 Å². The standard InChI is InChI=1S/C17H14ClN5OS/c18-12-7-4-8-13(9-12)21-16(24)15(22-23-17(20)25)14(10-19)11-5-2-1-3-6-11/h1-9,14H,(H,21,24)(H3,20,23,25)/b22-15-/t14-/m1/s1. The molecule has 0 aliphatic heterocycles. The Kier molecular flexibility index (Phi) is 6.46. The number of nitrogens with one attached hydrogen (secondary N) is 2. The van der Waals surface area contributed by atoms with Crippen molar-refractivity contribution in [3.8, 4) is 6.07 Å². The number of hydrogen-bond donors (Lipinski definition) is 3. The average Bonchev–Trinajstić information content (AvgIpc) is 2.59. The maximum absolute atomic E-state index is 12.6. The number of halogens is 1. The molecule has 0 aromatic heterocycles. The molecule has 0 saturated carbocycles. The largest absolute Gasteiger partial charge is 0.375 e. The Labute approximate surface area is 155 Å². The fourth-order valence-corrected chi connectivity index (χ4v) is 2.30. The van der Waals surface area contributed by atoms with Gasteiger partial charge >= 0.3 is 0 Å². The summed E-state index contributed by atoms with van der Waals surface area (Å²) in [6.45, 7) is 0. The van der Waals surface area contributed by atoms with Gasteiger partial charge < -0.3 is 11.1 Å². The fraction of sp³-hybridized carbons (Fsp3) is 0.0588. The summed E-state index contributed by atoms with van der Waals surface area (Å²) in [5.74, 6) is -1.47. The lowest BCUT2D eigenvalue weighted by Crippen LogP contribution is -2.33. The number of thiocarbonyl (C=S) groups is 1. The number of nitriles is 1. The number of nitrogens with zero attached hydrogens (tertiary/aromatic N) is 2. The maximum atomic E-state index is 12.6. The van der Waals surface area contributed by atoms with E-state index in [1.807, 2.05) is 6.07 Å². The van der Waals surface area contributed by atoms with E-state index < -0.39 is 11.8 Å². The number of rotatable bonds is 5. The van der Waals surface area contributed by atoms with Crippen LogP contribution in [0.3, 0.4) is 0 Å². The van der Waals surface area contributed by atoms with Gasteiger partial charge in [0.2, 0.25) is 0 Å². The third kappa shape index (κ3) is 5.28. The van der Waals surface area contributed by atoms with E-state index in [0.717, 1.165) is 0 Å². The van der Waals surface area contributed by atoms with E-state index in [1.165, 1.54) is 0 Å². The van der Waals surface area contributed by atoms with Crippen LogP contribution in [0.2, 0.25) is 5.02 Å². The van der Waals surface area contributed by atoms with Crippen LogP contribution in [-0.2, 0) is 4.79 Å². The summed E-state index contributed by atoms with van der Waals surface area (Å²) in [6, 6.07) is 17.5. The maximum Gasteiger partial charge on any atom is 0.273 e. The Hall–Kier alpha value is -2.95. The zero-order chi connectivity index (χ0) is 18.2. The van der Waals surface area contributed by atoms with Crippen LogP contribution >= 0.6 is 23.8 Å². The van der Waals surface area contributed by atoms with Crippen LogP contribution in [-0.4, -0.2) is 16.7 Å². The van der Waals surface area contributed by atoms with E-state index in [1.54, 1.807) is 48.5 Å². The first-order valence-electron chi connectivity index (χ1n) is 7.15. The Balaban J connectivity index is 2.35. The fourth-order valence-electron chi connectivity index (χ4n) is 2.06. The van der Waals surface area contributed by atoms with Crippen molar-refractivity contribution in [1.29, 1.82) is 5.26 Å². The molecule has 25 heavy (non-hydrogen) atoms. The molecule has 1 atom stereocenters.